The number of amides is 2. The molecule has 0 spiro atoms. The van der Waals surface area contributed by atoms with Crippen molar-refractivity contribution in [2.75, 3.05) is 6.54 Å². The fourth-order valence-electron chi connectivity index (χ4n) is 4.19. The molecule has 2 aromatic heterocycles. The first-order valence-electron chi connectivity index (χ1n) is 9.94. The molecule has 152 valence electrons. The van der Waals surface area contributed by atoms with E-state index in [-0.39, 0.29) is 0 Å². The molecule has 0 saturated heterocycles. The standard InChI is InChI=1S/C23H18N6O2/c24-27-25-11-5-12-28-14-17(16-7-2-4-9-19(16)28)20-21(23(31)26-22(20)30)29-13-10-15-6-1-3-8-18(15)29/h1-4,6-10,13-14H,5,11-12H2,(H,26,30,31). The summed E-state index contributed by atoms with van der Waals surface area (Å²) < 4.78 is 3.81. The molecule has 0 atom stereocenters. The Balaban J connectivity index is 1.71. The molecule has 2 aromatic carbocycles. The van der Waals surface area contributed by atoms with Gasteiger partial charge < -0.3 is 9.13 Å². The van der Waals surface area contributed by atoms with Crippen LogP contribution in [0.3, 0.4) is 0 Å². The Hall–Kier alpha value is -4.29. The van der Waals surface area contributed by atoms with E-state index in [4.69, 9.17) is 5.53 Å². The Labute approximate surface area is 177 Å². The molecule has 1 N–H and O–H groups in total. The van der Waals surface area contributed by atoms with E-state index in [1.165, 1.54) is 0 Å². The third-order valence-electron chi connectivity index (χ3n) is 5.52. The molecule has 1 aliphatic heterocycles. The molecule has 31 heavy (non-hydrogen) atoms. The third kappa shape index (κ3) is 3.06. The number of rotatable bonds is 6. The Morgan fingerprint density at radius 2 is 1.74 bits per heavy atom. The van der Waals surface area contributed by atoms with Crippen LogP contribution in [0.4, 0.5) is 0 Å². The lowest BCUT2D eigenvalue weighted by atomic mass is 10.0. The minimum absolute atomic E-state index is 0.322. The SMILES string of the molecule is [N-]=[N+]=NCCCn1cc(C2=C(n3ccc4ccccc43)C(=O)NC2=O)c2ccccc21. The van der Waals surface area contributed by atoms with Crippen molar-refractivity contribution >= 4 is 44.9 Å². The lowest BCUT2D eigenvalue weighted by Gasteiger charge is -2.07. The van der Waals surface area contributed by atoms with Gasteiger partial charge in [-0.2, -0.15) is 0 Å². The van der Waals surface area contributed by atoms with E-state index in [0.29, 0.717) is 36.3 Å². The normalized spacial score (nSPS) is 13.8. The molecule has 0 radical (unpaired) electrons. The van der Waals surface area contributed by atoms with Crippen LogP contribution in [-0.2, 0) is 16.1 Å². The molecule has 4 aromatic rings. The van der Waals surface area contributed by atoms with Gasteiger partial charge in [0.15, 0.2) is 0 Å². The number of nitrogens with zero attached hydrogens (tertiary/aromatic N) is 5. The monoisotopic (exact) mass is 410 g/mol. The van der Waals surface area contributed by atoms with Gasteiger partial charge >= 0.3 is 0 Å². The van der Waals surface area contributed by atoms with Gasteiger partial charge in [-0.25, -0.2) is 0 Å². The fraction of sp³-hybridized carbons (Fsp3) is 0.130. The van der Waals surface area contributed by atoms with Gasteiger partial charge in [-0.05, 0) is 35.5 Å². The van der Waals surface area contributed by atoms with Crippen LogP contribution in [0.5, 0.6) is 0 Å². The first-order valence-corrected chi connectivity index (χ1v) is 9.94. The zero-order valence-electron chi connectivity index (χ0n) is 16.5. The van der Waals surface area contributed by atoms with Crippen LogP contribution >= 0.6 is 0 Å². The number of azide groups is 1. The van der Waals surface area contributed by atoms with Gasteiger partial charge in [0.05, 0.1) is 11.1 Å². The average Bonchev–Trinajstić information content (AvgIpc) is 3.44. The maximum Gasteiger partial charge on any atom is 0.275 e. The van der Waals surface area contributed by atoms with Crippen LogP contribution in [-0.4, -0.2) is 27.5 Å². The van der Waals surface area contributed by atoms with Gasteiger partial charge in [0.2, 0.25) is 0 Å². The summed E-state index contributed by atoms with van der Waals surface area (Å²) >= 11 is 0. The Bertz CT molecular complexity index is 1430. The lowest BCUT2D eigenvalue weighted by Crippen LogP contribution is -2.23. The highest BCUT2D eigenvalue weighted by Gasteiger charge is 2.34. The Kier molecular flexibility index (Phi) is 4.54. The van der Waals surface area contributed by atoms with Crippen molar-refractivity contribution in [1.82, 2.24) is 14.5 Å². The molecule has 0 fully saturated rings. The van der Waals surface area contributed by atoms with Crippen molar-refractivity contribution in [2.45, 2.75) is 13.0 Å². The first-order chi connectivity index (χ1) is 15.2. The quantitative estimate of drug-likeness (QED) is 0.168. The summed E-state index contributed by atoms with van der Waals surface area (Å²) in [7, 11) is 0. The topological polar surface area (TPSA) is 105 Å². The molecular weight excluding hydrogens is 392 g/mol. The Morgan fingerprint density at radius 1 is 0.968 bits per heavy atom. The van der Waals surface area contributed by atoms with Crippen LogP contribution in [0, 0.1) is 0 Å². The van der Waals surface area contributed by atoms with E-state index in [0.717, 1.165) is 21.8 Å². The lowest BCUT2D eigenvalue weighted by molar-refractivity contribution is -0.122. The van der Waals surface area contributed by atoms with Crippen molar-refractivity contribution in [3.8, 4) is 0 Å². The first kappa shape index (κ1) is 18.7. The van der Waals surface area contributed by atoms with E-state index in [2.05, 4.69) is 15.3 Å². The van der Waals surface area contributed by atoms with E-state index in [1.54, 1.807) is 4.57 Å². The molecule has 0 aliphatic carbocycles. The van der Waals surface area contributed by atoms with Gasteiger partial charge in [-0.3, -0.25) is 14.9 Å². The van der Waals surface area contributed by atoms with Crippen molar-refractivity contribution < 1.29 is 9.59 Å². The average molecular weight is 410 g/mol. The highest BCUT2D eigenvalue weighted by molar-refractivity contribution is 6.47. The fourth-order valence-corrected chi connectivity index (χ4v) is 4.19. The largest absolute Gasteiger partial charge is 0.347 e. The third-order valence-corrected chi connectivity index (χ3v) is 5.52. The number of fused-ring (bicyclic) bond motifs is 2. The molecule has 5 rings (SSSR count). The van der Waals surface area contributed by atoms with Crippen molar-refractivity contribution in [3.63, 3.8) is 0 Å². The summed E-state index contributed by atoms with van der Waals surface area (Å²) in [6.45, 7) is 1.02. The summed E-state index contributed by atoms with van der Waals surface area (Å²) in [5.74, 6) is -0.823. The summed E-state index contributed by atoms with van der Waals surface area (Å²) in [5, 5.41) is 7.94. The number of para-hydroxylation sites is 2. The molecule has 8 nitrogen and oxygen atoms in total. The molecule has 0 bridgehead atoms. The van der Waals surface area contributed by atoms with Gasteiger partial charge in [0.25, 0.3) is 11.8 Å². The summed E-state index contributed by atoms with van der Waals surface area (Å²) in [6, 6.07) is 17.4. The van der Waals surface area contributed by atoms with Gasteiger partial charge in [0, 0.05) is 46.9 Å². The number of benzene rings is 2. The minimum Gasteiger partial charge on any atom is -0.347 e. The molecule has 8 heteroatoms. The van der Waals surface area contributed by atoms with Gasteiger partial charge in [-0.15, -0.1) is 0 Å². The molecule has 3 heterocycles. The maximum absolute atomic E-state index is 12.9. The maximum atomic E-state index is 12.9. The molecule has 0 saturated carbocycles. The van der Waals surface area contributed by atoms with Crippen molar-refractivity contribution in [1.29, 1.82) is 0 Å². The van der Waals surface area contributed by atoms with Gasteiger partial charge in [0.1, 0.15) is 5.70 Å². The number of aryl methyl sites for hydroxylation is 1. The van der Waals surface area contributed by atoms with E-state index in [1.807, 2.05) is 71.6 Å². The number of imide groups is 1. The summed E-state index contributed by atoms with van der Waals surface area (Å²) in [4.78, 5) is 28.5. The number of nitrogens with one attached hydrogen (secondary N) is 1. The summed E-state index contributed by atoms with van der Waals surface area (Å²) in [6.07, 6.45) is 4.39. The van der Waals surface area contributed by atoms with Crippen LogP contribution in [0.2, 0.25) is 0 Å². The van der Waals surface area contributed by atoms with E-state index in [9.17, 15) is 9.59 Å². The molecule has 2 amide bonds. The zero-order chi connectivity index (χ0) is 21.4. The predicted octanol–water partition coefficient (Wildman–Crippen LogP) is 4.32. The molecule has 1 aliphatic rings. The smallest absolute Gasteiger partial charge is 0.275 e. The van der Waals surface area contributed by atoms with Crippen LogP contribution in [0.1, 0.15) is 12.0 Å². The van der Waals surface area contributed by atoms with Crippen molar-refractivity contribution in [2.24, 2.45) is 5.11 Å². The number of carbonyl (C=O) groups is 2. The zero-order valence-corrected chi connectivity index (χ0v) is 16.5. The number of aromatic nitrogens is 2. The van der Waals surface area contributed by atoms with E-state index >= 15 is 0 Å². The molecular formula is C23H18N6O2. The molecule has 0 unspecified atom stereocenters. The number of hydrogen-bond acceptors (Lipinski definition) is 3. The van der Waals surface area contributed by atoms with E-state index < -0.39 is 11.8 Å². The second kappa shape index (κ2) is 7.51. The van der Waals surface area contributed by atoms with Crippen LogP contribution in [0.25, 0.3) is 43.5 Å². The van der Waals surface area contributed by atoms with Crippen LogP contribution < -0.4 is 5.32 Å². The summed E-state index contributed by atoms with van der Waals surface area (Å²) in [5.41, 5.74) is 11.7. The number of hydrogen-bond donors (Lipinski definition) is 1. The highest BCUT2D eigenvalue weighted by Crippen LogP contribution is 2.35. The van der Waals surface area contributed by atoms with Gasteiger partial charge in [-0.1, -0.05) is 41.5 Å². The minimum atomic E-state index is -0.415. The second-order valence-corrected chi connectivity index (χ2v) is 7.31. The van der Waals surface area contributed by atoms with Crippen LogP contribution in [0.15, 0.2) is 72.1 Å². The predicted molar refractivity (Wildman–Crippen MR) is 119 cm³/mol. The Morgan fingerprint density at radius 3 is 2.58 bits per heavy atom. The second-order valence-electron chi connectivity index (χ2n) is 7.31. The highest BCUT2D eigenvalue weighted by atomic mass is 16.2. The van der Waals surface area contributed by atoms with Crippen molar-refractivity contribution in [3.05, 3.63) is 83.0 Å². The number of carbonyl (C=O) groups excluding carboxylic acids is 2.